The number of rotatable bonds is 3. The van der Waals surface area contributed by atoms with E-state index in [1.807, 2.05) is 0 Å². The van der Waals surface area contributed by atoms with Gasteiger partial charge < -0.3 is 5.32 Å². The quantitative estimate of drug-likeness (QED) is 0.800. The smallest absolute Gasteiger partial charge is 0.354 e. The second-order valence-electron chi connectivity index (χ2n) is 4.30. The highest BCUT2D eigenvalue weighted by molar-refractivity contribution is 9.10. The third-order valence-electron chi connectivity index (χ3n) is 2.69. The molecule has 0 atom stereocenters. The largest absolute Gasteiger partial charge is 0.418 e. The average molecular weight is 359 g/mol. The number of nitrogens with one attached hydrogen (secondary N) is 1. The van der Waals surface area contributed by atoms with E-state index in [0.717, 1.165) is 6.07 Å². The lowest BCUT2D eigenvalue weighted by Crippen LogP contribution is -2.09. The molecular formula is C14H10BrF3N2O. The summed E-state index contributed by atoms with van der Waals surface area (Å²) in [6, 6.07) is 6.79. The first-order valence-electron chi connectivity index (χ1n) is 5.88. The van der Waals surface area contributed by atoms with Gasteiger partial charge in [0.15, 0.2) is 5.78 Å². The predicted octanol–water partition coefficient (Wildman–Crippen LogP) is 4.81. The van der Waals surface area contributed by atoms with Crippen LogP contribution in [0.25, 0.3) is 0 Å². The van der Waals surface area contributed by atoms with Crippen LogP contribution in [-0.4, -0.2) is 10.8 Å². The van der Waals surface area contributed by atoms with Gasteiger partial charge in [0.1, 0.15) is 5.69 Å². The average Bonchev–Trinajstić information content (AvgIpc) is 2.40. The van der Waals surface area contributed by atoms with Gasteiger partial charge in [0.05, 0.1) is 23.1 Å². The SMILES string of the molecule is CC(=O)c1ccc(Nc2ccc(Br)cc2C(F)(F)F)cn1. The molecule has 110 valence electrons. The summed E-state index contributed by atoms with van der Waals surface area (Å²) in [6.45, 7) is 1.37. The van der Waals surface area contributed by atoms with E-state index in [2.05, 4.69) is 26.2 Å². The number of hydrogen-bond donors (Lipinski definition) is 1. The number of carbonyl (C=O) groups excluding carboxylic acids is 1. The van der Waals surface area contributed by atoms with Crippen LogP contribution in [0.2, 0.25) is 0 Å². The van der Waals surface area contributed by atoms with E-state index < -0.39 is 11.7 Å². The maximum atomic E-state index is 13.0. The zero-order valence-electron chi connectivity index (χ0n) is 10.8. The van der Waals surface area contributed by atoms with E-state index in [0.29, 0.717) is 10.2 Å². The van der Waals surface area contributed by atoms with E-state index in [-0.39, 0.29) is 17.2 Å². The molecule has 1 aromatic heterocycles. The topological polar surface area (TPSA) is 42.0 Å². The Hall–Kier alpha value is -1.89. The van der Waals surface area contributed by atoms with Gasteiger partial charge >= 0.3 is 6.18 Å². The lowest BCUT2D eigenvalue weighted by Gasteiger charge is -2.15. The monoisotopic (exact) mass is 358 g/mol. The van der Waals surface area contributed by atoms with Crippen LogP contribution in [0.1, 0.15) is 23.0 Å². The Balaban J connectivity index is 2.33. The Bertz CT molecular complexity index is 669. The van der Waals surface area contributed by atoms with Crippen molar-refractivity contribution in [2.24, 2.45) is 0 Å². The van der Waals surface area contributed by atoms with E-state index >= 15 is 0 Å². The van der Waals surface area contributed by atoms with Crippen molar-refractivity contribution in [3.8, 4) is 0 Å². The lowest BCUT2D eigenvalue weighted by atomic mass is 10.1. The number of nitrogens with zero attached hydrogens (tertiary/aromatic N) is 1. The number of Topliss-reactive ketones (excluding diaryl/α,β-unsaturated/α-hetero) is 1. The molecule has 21 heavy (non-hydrogen) atoms. The highest BCUT2D eigenvalue weighted by atomic mass is 79.9. The Labute approximate surface area is 127 Å². The molecule has 0 aliphatic rings. The minimum absolute atomic E-state index is 0.0805. The van der Waals surface area contributed by atoms with Gasteiger partial charge in [0.2, 0.25) is 0 Å². The van der Waals surface area contributed by atoms with Crippen LogP contribution in [-0.2, 0) is 6.18 Å². The normalized spacial score (nSPS) is 11.3. The van der Waals surface area contributed by atoms with Crippen molar-refractivity contribution in [3.63, 3.8) is 0 Å². The molecule has 0 radical (unpaired) electrons. The number of pyridine rings is 1. The second kappa shape index (κ2) is 5.85. The fourth-order valence-electron chi connectivity index (χ4n) is 1.69. The van der Waals surface area contributed by atoms with Gasteiger partial charge in [0.25, 0.3) is 0 Å². The first kappa shape index (κ1) is 15.5. The minimum Gasteiger partial charge on any atom is -0.354 e. The molecule has 0 saturated carbocycles. The second-order valence-corrected chi connectivity index (χ2v) is 5.22. The molecule has 0 saturated heterocycles. The van der Waals surface area contributed by atoms with E-state index in [1.165, 1.54) is 37.4 Å². The predicted molar refractivity (Wildman–Crippen MR) is 76.7 cm³/mol. The number of benzene rings is 1. The van der Waals surface area contributed by atoms with Crippen molar-refractivity contribution < 1.29 is 18.0 Å². The number of aromatic nitrogens is 1. The van der Waals surface area contributed by atoms with Crippen molar-refractivity contribution >= 4 is 33.1 Å². The summed E-state index contributed by atoms with van der Waals surface area (Å²) in [7, 11) is 0. The van der Waals surface area contributed by atoms with E-state index in [1.54, 1.807) is 0 Å². The Morgan fingerprint density at radius 3 is 2.48 bits per heavy atom. The molecule has 0 aliphatic carbocycles. The summed E-state index contributed by atoms with van der Waals surface area (Å²) in [6.07, 6.45) is -3.15. The van der Waals surface area contributed by atoms with E-state index in [4.69, 9.17) is 0 Å². The fourth-order valence-corrected chi connectivity index (χ4v) is 2.05. The Kier molecular flexibility index (Phi) is 4.32. The molecule has 3 nitrogen and oxygen atoms in total. The summed E-state index contributed by atoms with van der Waals surface area (Å²) < 4.78 is 39.3. The first-order valence-corrected chi connectivity index (χ1v) is 6.67. The maximum Gasteiger partial charge on any atom is 0.418 e. The molecule has 2 aromatic rings. The number of halogens is 4. The number of anilines is 2. The van der Waals surface area contributed by atoms with Gasteiger partial charge in [-0.2, -0.15) is 13.2 Å². The zero-order valence-corrected chi connectivity index (χ0v) is 12.4. The number of hydrogen-bond acceptors (Lipinski definition) is 3. The molecule has 0 spiro atoms. The molecule has 1 N–H and O–H groups in total. The molecule has 7 heteroatoms. The van der Waals surface area contributed by atoms with Crippen LogP contribution in [0.15, 0.2) is 41.0 Å². The first-order chi connectivity index (χ1) is 9.77. The summed E-state index contributed by atoms with van der Waals surface area (Å²) >= 11 is 3.02. The van der Waals surface area contributed by atoms with Gasteiger partial charge in [-0.25, -0.2) is 0 Å². The van der Waals surface area contributed by atoms with Crippen molar-refractivity contribution in [2.75, 3.05) is 5.32 Å². The molecular weight excluding hydrogens is 349 g/mol. The lowest BCUT2D eigenvalue weighted by molar-refractivity contribution is -0.137. The Morgan fingerprint density at radius 2 is 1.95 bits per heavy atom. The molecule has 0 amide bonds. The fraction of sp³-hybridized carbons (Fsp3) is 0.143. The third kappa shape index (κ3) is 3.81. The van der Waals surface area contributed by atoms with Crippen LogP contribution in [0.4, 0.5) is 24.5 Å². The van der Waals surface area contributed by atoms with Crippen LogP contribution >= 0.6 is 15.9 Å². The van der Waals surface area contributed by atoms with Gasteiger partial charge in [-0.15, -0.1) is 0 Å². The van der Waals surface area contributed by atoms with Crippen LogP contribution in [0.3, 0.4) is 0 Å². The van der Waals surface area contributed by atoms with Crippen LogP contribution in [0, 0.1) is 0 Å². The molecule has 1 aromatic carbocycles. The van der Waals surface area contributed by atoms with Gasteiger partial charge in [-0.1, -0.05) is 15.9 Å². The molecule has 2 rings (SSSR count). The molecule has 0 aliphatic heterocycles. The minimum atomic E-state index is -4.47. The van der Waals surface area contributed by atoms with Crippen LogP contribution < -0.4 is 5.32 Å². The zero-order chi connectivity index (χ0) is 15.6. The van der Waals surface area contributed by atoms with Crippen molar-refractivity contribution in [2.45, 2.75) is 13.1 Å². The molecule has 0 bridgehead atoms. The number of carbonyl (C=O) groups is 1. The third-order valence-corrected chi connectivity index (χ3v) is 3.18. The maximum absolute atomic E-state index is 13.0. The van der Waals surface area contributed by atoms with Crippen molar-refractivity contribution in [1.29, 1.82) is 0 Å². The van der Waals surface area contributed by atoms with Gasteiger partial charge in [-0.3, -0.25) is 9.78 Å². The number of ketones is 1. The van der Waals surface area contributed by atoms with E-state index in [9.17, 15) is 18.0 Å². The molecule has 0 fully saturated rings. The summed E-state index contributed by atoms with van der Waals surface area (Å²) in [5, 5.41) is 2.66. The molecule has 1 heterocycles. The summed E-state index contributed by atoms with van der Waals surface area (Å²) in [5.41, 5.74) is -0.240. The highest BCUT2D eigenvalue weighted by Crippen LogP contribution is 2.37. The van der Waals surface area contributed by atoms with Gasteiger partial charge in [-0.05, 0) is 30.3 Å². The summed E-state index contributed by atoms with van der Waals surface area (Å²) in [4.78, 5) is 15.0. The van der Waals surface area contributed by atoms with Gasteiger partial charge in [0, 0.05) is 11.4 Å². The number of alkyl halides is 3. The standard InChI is InChI=1S/C14H10BrF3N2O/c1-8(21)12-5-3-10(7-19-12)20-13-4-2-9(15)6-11(13)14(16,17)18/h2-7,20H,1H3. The Morgan fingerprint density at radius 1 is 1.24 bits per heavy atom. The summed E-state index contributed by atoms with van der Waals surface area (Å²) in [5.74, 6) is -0.207. The highest BCUT2D eigenvalue weighted by Gasteiger charge is 2.33. The van der Waals surface area contributed by atoms with Crippen molar-refractivity contribution in [1.82, 2.24) is 4.98 Å². The molecule has 0 unspecified atom stereocenters. The van der Waals surface area contributed by atoms with Crippen molar-refractivity contribution in [3.05, 3.63) is 52.3 Å². The van der Waals surface area contributed by atoms with Crippen LogP contribution in [0.5, 0.6) is 0 Å².